The first kappa shape index (κ1) is 20.8. The first-order valence-electron chi connectivity index (χ1n) is 10.5. The predicted octanol–water partition coefficient (Wildman–Crippen LogP) is 2.87. The zero-order chi connectivity index (χ0) is 21.0. The molecule has 2 fully saturated rings. The van der Waals surface area contributed by atoms with Crippen LogP contribution in [0.1, 0.15) is 47.8 Å². The fourth-order valence-electron chi connectivity index (χ4n) is 4.49. The molecule has 1 spiro atoms. The van der Waals surface area contributed by atoms with Gasteiger partial charge in [0.05, 0.1) is 12.7 Å². The summed E-state index contributed by atoms with van der Waals surface area (Å²) >= 11 is 0. The van der Waals surface area contributed by atoms with Gasteiger partial charge in [0.25, 0.3) is 5.91 Å². The molecular formula is C22H29N3O5. The number of piperidine rings is 1. The average Bonchev–Trinajstić information content (AvgIpc) is 3.21. The molecule has 2 saturated heterocycles. The Labute approximate surface area is 176 Å². The van der Waals surface area contributed by atoms with E-state index in [1.54, 1.807) is 14.2 Å². The highest BCUT2D eigenvalue weighted by molar-refractivity contribution is 5.94. The molecule has 1 aromatic heterocycles. The SMILES string of the molecule is COCc1noc(CC2CCOC3(CCN(C(=O)c4ccc(OC)cc4)CC3)C2)n1. The number of methoxy groups -OCH3 is 2. The fraction of sp³-hybridized carbons (Fsp3) is 0.591. The maximum Gasteiger partial charge on any atom is 0.253 e. The maximum absolute atomic E-state index is 12.8. The van der Waals surface area contributed by atoms with Crippen molar-refractivity contribution in [2.24, 2.45) is 5.92 Å². The molecule has 2 aromatic rings. The quantitative estimate of drug-likeness (QED) is 0.717. The van der Waals surface area contributed by atoms with E-state index in [2.05, 4.69) is 10.1 Å². The summed E-state index contributed by atoms with van der Waals surface area (Å²) in [6.45, 7) is 2.50. The Hall–Kier alpha value is -2.45. The van der Waals surface area contributed by atoms with E-state index in [1.807, 2.05) is 29.2 Å². The normalized spacial score (nSPS) is 21.0. The van der Waals surface area contributed by atoms with Crippen LogP contribution in [-0.4, -0.2) is 60.5 Å². The van der Waals surface area contributed by atoms with Gasteiger partial charge in [0, 0.05) is 38.8 Å². The van der Waals surface area contributed by atoms with Crippen molar-refractivity contribution in [1.82, 2.24) is 15.0 Å². The van der Waals surface area contributed by atoms with Crippen LogP contribution in [0.25, 0.3) is 0 Å². The average molecular weight is 415 g/mol. The third-order valence-corrected chi connectivity index (χ3v) is 6.14. The molecule has 0 aliphatic carbocycles. The highest BCUT2D eigenvalue weighted by atomic mass is 16.5. The van der Waals surface area contributed by atoms with Gasteiger partial charge in [-0.05, 0) is 55.9 Å². The van der Waals surface area contributed by atoms with Gasteiger partial charge in [-0.3, -0.25) is 4.79 Å². The summed E-state index contributed by atoms with van der Waals surface area (Å²) in [7, 11) is 3.24. The Balaban J connectivity index is 1.32. The lowest BCUT2D eigenvalue weighted by Gasteiger charge is -2.46. The van der Waals surface area contributed by atoms with E-state index in [-0.39, 0.29) is 11.5 Å². The van der Waals surface area contributed by atoms with Gasteiger partial charge in [0.2, 0.25) is 5.89 Å². The Morgan fingerprint density at radius 3 is 2.70 bits per heavy atom. The fourth-order valence-corrected chi connectivity index (χ4v) is 4.49. The lowest BCUT2D eigenvalue weighted by atomic mass is 9.78. The number of nitrogens with zero attached hydrogens (tertiary/aromatic N) is 3. The van der Waals surface area contributed by atoms with Crippen molar-refractivity contribution in [3.8, 4) is 5.75 Å². The molecule has 8 heteroatoms. The molecule has 0 saturated carbocycles. The summed E-state index contributed by atoms with van der Waals surface area (Å²) in [4.78, 5) is 19.2. The van der Waals surface area contributed by atoms with Crippen LogP contribution in [0, 0.1) is 5.92 Å². The standard InChI is InChI=1S/C22H29N3O5/c1-27-15-19-23-20(30-24-19)13-16-7-12-29-22(14-16)8-10-25(11-9-22)21(26)17-3-5-18(28-2)6-4-17/h3-6,16H,7-15H2,1-2H3. The molecule has 3 heterocycles. The third-order valence-electron chi connectivity index (χ3n) is 6.14. The molecule has 1 aromatic carbocycles. The molecule has 2 aliphatic rings. The number of amides is 1. The molecule has 162 valence electrons. The first-order valence-corrected chi connectivity index (χ1v) is 10.5. The van der Waals surface area contributed by atoms with Crippen molar-refractivity contribution >= 4 is 5.91 Å². The van der Waals surface area contributed by atoms with E-state index in [9.17, 15) is 4.79 Å². The van der Waals surface area contributed by atoms with E-state index in [1.165, 1.54) is 0 Å². The number of hydrogen-bond acceptors (Lipinski definition) is 7. The van der Waals surface area contributed by atoms with E-state index < -0.39 is 0 Å². The zero-order valence-electron chi connectivity index (χ0n) is 17.6. The van der Waals surface area contributed by atoms with Gasteiger partial charge in [0.15, 0.2) is 5.82 Å². The van der Waals surface area contributed by atoms with Crippen molar-refractivity contribution in [3.05, 3.63) is 41.5 Å². The number of carbonyl (C=O) groups excluding carboxylic acids is 1. The number of rotatable bonds is 6. The highest BCUT2D eigenvalue weighted by Crippen LogP contribution is 2.39. The van der Waals surface area contributed by atoms with Crippen LogP contribution in [-0.2, 0) is 22.5 Å². The van der Waals surface area contributed by atoms with Gasteiger partial charge >= 0.3 is 0 Å². The molecule has 1 atom stereocenters. The van der Waals surface area contributed by atoms with Gasteiger partial charge in [-0.15, -0.1) is 0 Å². The van der Waals surface area contributed by atoms with Crippen molar-refractivity contribution in [1.29, 1.82) is 0 Å². The summed E-state index contributed by atoms with van der Waals surface area (Å²) in [5.74, 6) is 2.51. The van der Waals surface area contributed by atoms with Gasteiger partial charge in [-0.2, -0.15) is 4.98 Å². The van der Waals surface area contributed by atoms with Crippen LogP contribution in [0.15, 0.2) is 28.8 Å². The number of ether oxygens (including phenoxy) is 3. The molecular weight excluding hydrogens is 386 g/mol. The van der Waals surface area contributed by atoms with Gasteiger partial charge < -0.3 is 23.6 Å². The van der Waals surface area contributed by atoms with Crippen molar-refractivity contribution < 1.29 is 23.5 Å². The Bertz CT molecular complexity index is 843. The van der Waals surface area contributed by atoms with E-state index in [0.29, 0.717) is 42.9 Å². The molecule has 30 heavy (non-hydrogen) atoms. The van der Waals surface area contributed by atoms with Crippen LogP contribution in [0.4, 0.5) is 0 Å². The second-order valence-corrected chi connectivity index (χ2v) is 8.15. The number of hydrogen-bond donors (Lipinski definition) is 0. The van der Waals surface area contributed by atoms with Crippen LogP contribution < -0.4 is 4.74 Å². The van der Waals surface area contributed by atoms with E-state index in [0.717, 1.165) is 44.5 Å². The molecule has 2 aliphatic heterocycles. The molecule has 0 radical (unpaired) electrons. The lowest BCUT2D eigenvalue weighted by Crippen LogP contribution is -2.51. The summed E-state index contributed by atoms with van der Waals surface area (Å²) in [6, 6.07) is 7.29. The van der Waals surface area contributed by atoms with Gasteiger partial charge in [-0.1, -0.05) is 5.16 Å². The molecule has 0 N–H and O–H groups in total. The second kappa shape index (κ2) is 9.14. The van der Waals surface area contributed by atoms with Crippen molar-refractivity contribution in [2.75, 3.05) is 33.9 Å². The molecule has 1 amide bonds. The second-order valence-electron chi connectivity index (χ2n) is 8.15. The number of benzene rings is 1. The minimum atomic E-state index is -0.158. The smallest absolute Gasteiger partial charge is 0.253 e. The minimum Gasteiger partial charge on any atom is -0.497 e. The van der Waals surface area contributed by atoms with Crippen LogP contribution in [0.5, 0.6) is 5.75 Å². The largest absolute Gasteiger partial charge is 0.497 e. The van der Waals surface area contributed by atoms with Gasteiger partial charge in [-0.25, -0.2) is 0 Å². The highest BCUT2D eigenvalue weighted by Gasteiger charge is 2.41. The van der Waals surface area contributed by atoms with Crippen LogP contribution in [0.2, 0.25) is 0 Å². The zero-order valence-corrected chi connectivity index (χ0v) is 17.6. The summed E-state index contributed by atoms with van der Waals surface area (Å²) in [5.41, 5.74) is 0.534. The monoisotopic (exact) mass is 415 g/mol. The number of carbonyl (C=O) groups is 1. The topological polar surface area (TPSA) is 86.9 Å². The number of aromatic nitrogens is 2. The van der Waals surface area contributed by atoms with Crippen LogP contribution >= 0.6 is 0 Å². The van der Waals surface area contributed by atoms with Gasteiger partial charge in [0.1, 0.15) is 12.4 Å². The minimum absolute atomic E-state index is 0.0661. The number of likely N-dealkylation sites (tertiary alicyclic amines) is 1. The summed E-state index contributed by atoms with van der Waals surface area (Å²) < 4.78 is 21.8. The maximum atomic E-state index is 12.8. The van der Waals surface area contributed by atoms with Crippen molar-refractivity contribution in [3.63, 3.8) is 0 Å². The molecule has 4 rings (SSSR count). The first-order chi connectivity index (χ1) is 14.6. The third kappa shape index (κ3) is 4.65. The Kier molecular flexibility index (Phi) is 6.34. The molecule has 1 unspecified atom stereocenters. The summed E-state index contributed by atoms with van der Waals surface area (Å²) in [6.07, 6.45) is 4.41. The van der Waals surface area contributed by atoms with E-state index >= 15 is 0 Å². The Morgan fingerprint density at radius 2 is 2.00 bits per heavy atom. The van der Waals surface area contributed by atoms with E-state index in [4.69, 9.17) is 18.7 Å². The van der Waals surface area contributed by atoms with Crippen molar-refractivity contribution in [2.45, 2.75) is 44.3 Å². The summed E-state index contributed by atoms with van der Waals surface area (Å²) in [5, 5.41) is 3.95. The molecule has 8 nitrogen and oxygen atoms in total. The Morgan fingerprint density at radius 1 is 1.23 bits per heavy atom. The van der Waals surface area contributed by atoms with Crippen LogP contribution in [0.3, 0.4) is 0 Å². The lowest BCUT2D eigenvalue weighted by molar-refractivity contribution is -0.124. The predicted molar refractivity (Wildman–Crippen MR) is 108 cm³/mol. The molecule has 0 bridgehead atoms.